The second kappa shape index (κ2) is 8.81. The maximum atomic E-state index is 13.3. The van der Waals surface area contributed by atoms with Gasteiger partial charge in [-0.2, -0.15) is 0 Å². The van der Waals surface area contributed by atoms with E-state index in [0.29, 0.717) is 26.9 Å². The van der Waals surface area contributed by atoms with Gasteiger partial charge in [-0.1, -0.05) is 43.0 Å². The number of hydrogen-bond acceptors (Lipinski definition) is 6. The number of thioether (sulfide) groups is 1. The number of carbonyl (C=O) groups excluding carboxylic acids is 1. The van der Waals surface area contributed by atoms with Gasteiger partial charge in [-0.3, -0.25) is 14.2 Å². The van der Waals surface area contributed by atoms with Gasteiger partial charge in [-0.05, 0) is 36.2 Å². The molecule has 0 unspecified atom stereocenters. The first-order chi connectivity index (χ1) is 14.5. The standard InChI is InChI=1S/C22H20N4O2S2/c1-3-15-8-10-17(11-9-15)26-20(28)18-6-4-5-7-19(18)25-22(26)30-13-16-12-29-21(24-16)23-14(2)27/h4-12H,3,13H2,1-2H3,(H,23,24,27). The Morgan fingerprint density at radius 3 is 2.63 bits per heavy atom. The van der Waals surface area contributed by atoms with Crippen LogP contribution in [0.4, 0.5) is 5.13 Å². The average Bonchev–Trinajstić information content (AvgIpc) is 3.19. The summed E-state index contributed by atoms with van der Waals surface area (Å²) in [6, 6.07) is 15.4. The van der Waals surface area contributed by atoms with E-state index in [2.05, 4.69) is 17.2 Å². The highest BCUT2D eigenvalue weighted by Crippen LogP contribution is 2.26. The molecule has 152 valence electrons. The Kier molecular flexibility index (Phi) is 5.96. The number of hydrogen-bond donors (Lipinski definition) is 1. The minimum atomic E-state index is -0.149. The number of anilines is 1. The third-order valence-electron chi connectivity index (χ3n) is 4.53. The summed E-state index contributed by atoms with van der Waals surface area (Å²) in [4.78, 5) is 33.7. The molecule has 6 nitrogen and oxygen atoms in total. The van der Waals surface area contributed by atoms with Crippen molar-refractivity contribution in [2.75, 3.05) is 5.32 Å². The van der Waals surface area contributed by atoms with Gasteiger partial charge in [0.15, 0.2) is 10.3 Å². The van der Waals surface area contributed by atoms with Crippen molar-refractivity contribution in [2.24, 2.45) is 0 Å². The molecule has 8 heteroatoms. The monoisotopic (exact) mass is 436 g/mol. The van der Waals surface area contributed by atoms with E-state index in [1.165, 1.54) is 35.6 Å². The average molecular weight is 437 g/mol. The van der Waals surface area contributed by atoms with Crippen molar-refractivity contribution in [2.45, 2.75) is 31.2 Å². The van der Waals surface area contributed by atoms with Crippen LogP contribution in [-0.2, 0) is 17.0 Å². The molecule has 1 N–H and O–H groups in total. The van der Waals surface area contributed by atoms with Crippen LogP contribution in [0, 0.1) is 0 Å². The topological polar surface area (TPSA) is 76.9 Å². The molecule has 0 aliphatic carbocycles. The molecule has 2 heterocycles. The first-order valence-corrected chi connectivity index (χ1v) is 11.4. The van der Waals surface area contributed by atoms with Crippen LogP contribution in [0.5, 0.6) is 0 Å². The van der Waals surface area contributed by atoms with Crippen molar-refractivity contribution in [3.8, 4) is 5.69 Å². The molecular weight excluding hydrogens is 416 g/mol. The molecule has 0 saturated carbocycles. The van der Waals surface area contributed by atoms with Gasteiger partial charge in [0, 0.05) is 18.1 Å². The Hall–Kier alpha value is -2.97. The van der Waals surface area contributed by atoms with Crippen molar-refractivity contribution in [1.82, 2.24) is 14.5 Å². The summed E-state index contributed by atoms with van der Waals surface area (Å²) in [5.74, 6) is 0.387. The molecule has 4 rings (SSSR count). The number of nitrogens with zero attached hydrogens (tertiary/aromatic N) is 3. The zero-order valence-electron chi connectivity index (χ0n) is 16.6. The van der Waals surface area contributed by atoms with Gasteiger partial charge < -0.3 is 5.32 Å². The Balaban J connectivity index is 1.72. The summed E-state index contributed by atoms with van der Waals surface area (Å²) in [5, 5.41) is 6.35. The summed E-state index contributed by atoms with van der Waals surface area (Å²) < 4.78 is 1.66. The quantitative estimate of drug-likeness (QED) is 0.351. The van der Waals surface area contributed by atoms with Gasteiger partial charge in [0.2, 0.25) is 5.91 Å². The summed E-state index contributed by atoms with van der Waals surface area (Å²) in [6.07, 6.45) is 0.938. The highest BCUT2D eigenvalue weighted by atomic mass is 32.2. The van der Waals surface area contributed by atoms with Crippen LogP contribution < -0.4 is 10.9 Å². The molecule has 30 heavy (non-hydrogen) atoms. The number of benzene rings is 2. The first-order valence-electron chi connectivity index (χ1n) is 9.51. The molecule has 0 aliphatic rings. The van der Waals surface area contributed by atoms with Gasteiger partial charge in [-0.15, -0.1) is 11.3 Å². The molecule has 0 atom stereocenters. The van der Waals surface area contributed by atoms with Crippen molar-refractivity contribution in [3.05, 3.63) is 75.5 Å². The highest BCUT2D eigenvalue weighted by Gasteiger charge is 2.14. The van der Waals surface area contributed by atoms with Crippen LogP contribution in [0.1, 0.15) is 25.1 Å². The van der Waals surface area contributed by atoms with Crippen LogP contribution in [0.25, 0.3) is 16.6 Å². The van der Waals surface area contributed by atoms with Gasteiger partial charge in [0.05, 0.1) is 22.3 Å². The second-order valence-electron chi connectivity index (χ2n) is 6.69. The third kappa shape index (κ3) is 4.29. The minimum Gasteiger partial charge on any atom is -0.302 e. The minimum absolute atomic E-state index is 0.0930. The predicted octanol–water partition coefficient (Wildman–Crippen LogP) is 4.66. The van der Waals surface area contributed by atoms with Crippen LogP contribution in [0.3, 0.4) is 0 Å². The van der Waals surface area contributed by atoms with Gasteiger partial charge >= 0.3 is 0 Å². The van der Waals surface area contributed by atoms with E-state index in [4.69, 9.17) is 4.98 Å². The van der Waals surface area contributed by atoms with Crippen LogP contribution in [0.2, 0.25) is 0 Å². The number of aryl methyl sites for hydroxylation is 1. The lowest BCUT2D eigenvalue weighted by atomic mass is 10.1. The number of fused-ring (bicyclic) bond motifs is 1. The van der Waals surface area contributed by atoms with Crippen molar-refractivity contribution in [1.29, 1.82) is 0 Å². The van der Waals surface area contributed by atoms with Gasteiger partial charge in [0.1, 0.15) is 0 Å². The van der Waals surface area contributed by atoms with E-state index >= 15 is 0 Å². The fourth-order valence-electron chi connectivity index (χ4n) is 3.04. The molecule has 0 saturated heterocycles. The normalized spacial score (nSPS) is 11.0. The highest BCUT2D eigenvalue weighted by molar-refractivity contribution is 7.98. The lowest BCUT2D eigenvalue weighted by molar-refractivity contribution is -0.114. The van der Waals surface area contributed by atoms with Gasteiger partial charge in [0.25, 0.3) is 5.56 Å². The van der Waals surface area contributed by atoms with E-state index < -0.39 is 0 Å². The lowest BCUT2D eigenvalue weighted by Crippen LogP contribution is -2.21. The van der Waals surface area contributed by atoms with E-state index in [0.717, 1.165) is 17.8 Å². The zero-order chi connectivity index (χ0) is 21.1. The van der Waals surface area contributed by atoms with E-state index in [1.807, 2.05) is 47.8 Å². The number of para-hydroxylation sites is 1. The summed E-state index contributed by atoms with van der Waals surface area (Å²) in [7, 11) is 0. The summed E-state index contributed by atoms with van der Waals surface area (Å²) in [6.45, 7) is 3.56. The van der Waals surface area contributed by atoms with Crippen molar-refractivity contribution >= 4 is 45.0 Å². The molecule has 0 radical (unpaired) electrons. The Bertz CT molecular complexity index is 1260. The molecule has 0 fully saturated rings. The fourth-order valence-corrected chi connectivity index (χ4v) is 4.80. The number of carbonyl (C=O) groups is 1. The smallest absolute Gasteiger partial charge is 0.266 e. The van der Waals surface area contributed by atoms with Crippen LogP contribution in [0.15, 0.2) is 63.9 Å². The largest absolute Gasteiger partial charge is 0.302 e. The summed E-state index contributed by atoms with van der Waals surface area (Å²) >= 11 is 2.83. The number of thiazole rings is 1. The first kappa shape index (κ1) is 20.3. The van der Waals surface area contributed by atoms with Crippen LogP contribution in [-0.4, -0.2) is 20.4 Å². The number of rotatable bonds is 6. The molecule has 2 aromatic carbocycles. The molecule has 4 aromatic rings. The second-order valence-corrected chi connectivity index (χ2v) is 8.49. The fraction of sp³-hybridized carbons (Fsp3) is 0.182. The maximum Gasteiger partial charge on any atom is 0.266 e. The Labute approximate surface area is 182 Å². The molecule has 0 spiro atoms. The Morgan fingerprint density at radius 2 is 1.90 bits per heavy atom. The van der Waals surface area contributed by atoms with E-state index in [-0.39, 0.29) is 11.5 Å². The van der Waals surface area contributed by atoms with Gasteiger partial charge in [-0.25, -0.2) is 9.97 Å². The van der Waals surface area contributed by atoms with E-state index in [9.17, 15) is 9.59 Å². The lowest BCUT2D eigenvalue weighted by Gasteiger charge is -2.13. The molecular formula is C22H20N4O2S2. The molecule has 2 aromatic heterocycles. The SMILES string of the molecule is CCc1ccc(-n2c(SCc3csc(NC(C)=O)n3)nc3ccccc3c2=O)cc1. The zero-order valence-corrected chi connectivity index (χ0v) is 18.2. The summed E-state index contributed by atoms with van der Waals surface area (Å²) in [5.41, 5.74) is 3.40. The Morgan fingerprint density at radius 1 is 1.13 bits per heavy atom. The van der Waals surface area contributed by atoms with Crippen molar-refractivity contribution in [3.63, 3.8) is 0 Å². The third-order valence-corrected chi connectivity index (χ3v) is 6.31. The molecule has 0 bridgehead atoms. The van der Waals surface area contributed by atoms with Crippen LogP contribution >= 0.6 is 23.1 Å². The maximum absolute atomic E-state index is 13.3. The number of aromatic nitrogens is 3. The molecule has 1 amide bonds. The van der Waals surface area contributed by atoms with Crippen molar-refractivity contribution < 1.29 is 4.79 Å². The number of nitrogens with one attached hydrogen (secondary N) is 1. The molecule has 0 aliphatic heterocycles. The van der Waals surface area contributed by atoms with E-state index in [1.54, 1.807) is 10.6 Å². The number of amides is 1. The predicted molar refractivity (Wildman–Crippen MR) is 123 cm³/mol.